The number of aromatic nitrogens is 2. The smallest absolute Gasteiger partial charge is 0.244 e. The molecule has 186 valence electrons. The maximum Gasteiger partial charge on any atom is 0.244 e. The molecule has 0 unspecified atom stereocenters. The molecule has 1 fully saturated rings. The fourth-order valence-electron chi connectivity index (χ4n) is 4.16. The lowest BCUT2D eigenvalue weighted by atomic mass is 10.1. The molecule has 1 aliphatic rings. The summed E-state index contributed by atoms with van der Waals surface area (Å²) in [6.07, 6.45) is 0. The fourth-order valence-corrected chi connectivity index (χ4v) is 6.12. The molecule has 0 bridgehead atoms. The molecule has 4 rings (SSSR count). The molecule has 0 spiro atoms. The molecule has 0 N–H and O–H groups in total. The average Bonchev–Trinajstić information content (AvgIpc) is 3.13. The highest BCUT2D eigenvalue weighted by molar-refractivity contribution is 7.91. The van der Waals surface area contributed by atoms with Gasteiger partial charge in [-0.05, 0) is 38.1 Å². The van der Waals surface area contributed by atoms with E-state index in [1.807, 2.05) is 19.1 Å². The number of methoxy groups -OCH3 is 1. The minimum atomic E-state index is -3.90. The second-order valence-corrected chi connectivity index (χ2v) is 11.0. The molecular weight excluding hydrogens is 511 g/mol. The van der Waals surface area contributed by atoms with E-state index < -0.39 is 9.84 Å². The standard InChI is InChI=1S/C24H26Cl2N4O4S/c1-16-14-28(18-9-10-20(25)21(13-18)34-3)11-12-29(16)22(31)15-30-17(2)23(26)24(27-30)35(32,33)19-7-5-4-6-8-19/h4-10,13,16H,11-12,14-15H2,1-3H3/t16-/m0/s1. The Kier molecular flexibility index (Phi) is 7.30. The number of rotatable bonds is 6. The van der Waals surface area contributed by atoms with Gasteiger partial charge in [0.05, 0.1) is 22.7 Å². The lowest BCUT2D eigenvalue weighted by molar-refractivity contribution is -0.134. The van der Waals surface area contributed by atoms with Crippen LogP contribution in [0.4, 0.5) is 5.69 Å². The zero-order valence-electron chi connectivity index (χ0n) is 19.6. The van der Waals surface area contributed by atoms with Gasteiger partial charge in [-0.3, -0.25) is 9.48 Å². The number of hydrogen-bond acceptors (Lipinski definition) is 6. The summed E-state index contributed by atoms with van der Waals surface area (Å²) in [5, 5.41) is 4.54. The molecule has 1 aromatic heterocycles. The molecule has 0 saturated carbocycles. The van der Waals surface area contributed by atoms with Gasteiger partial charge in [-0.15, -0.1) is 0 Å². The van der Waals surface area contributed by atoms with E-state index in [0.29, 0.717) is 36.1 Å². The molecule has 35 heavy (non-hydrogen) atoms. The van der Waals surface area contributed by atoms with Crippen molar-refractivity contribution >= 4 is 44.6 Å². The topological polar surface area (TPSA) is 84.7 Å². The van der Waals surface area contributed by atoms with Crippen LogP contribution in [0.2, 0.25) is 10.0 Å². The van der Waals surface area contributed by atoms with E-state index >= 15 is 0 Å². The van der Waals surface area contributed by atoms with Crippen molar-refractivity contribution in [1.29, 1.82) is 0 Å². The number of carbonyl (C=O) groups is 1. The highest BCUT2D eigenvalue weighted by Gasteiger charge is 2.31. The summed E-state index contributed by atoms with van der Waals surface area (Å²) >= 11 is 12.5. The maximum atomic E-state index is 13.2. The highest BCUT2D eigenvalue weighted by atomic mass is 35.5. The predicted molar refractivity (Wildman–Crippen MR) is 135 cm³/mol. The third-order valence-corrected chi connectivity index (χ3v) is 8.71. The molecule has 2 heterocycles. The predicted octanol–water partition coefficient (Wildman–Crippen LogP) is 4.08. The minimum Gasteiger partial charge on any atom is -0.495 e. The largest absolute Gasteiger partial charge is 0.495 e. The SMILES string of the molecule is COc1cc(N2CCN(C(=O)Cn3nc(S(=O)(=O)c4ccccc4)c(Cl)c3C)[C@@H](C)C2)ccc1Cl. The van der Waals surface area contributed by atoms with Gasteiger partial charge < -0.3 is 14.5 Å². The van der Waals surface area contributed by atoms with E-state index in [0.717, 1.165) is 5.69 Å². The second kappa shape index (κ2) is 10.1. The lowest BCUT2D eigenvalue weighted by Crippen LogP contribution is -2.54. The van der Waals surface area contributed by atoms with Crippen molar-refractivity contribution in [1.82, 2.24) is 14.7 Å². The van der Waals surface area contributed by atoms with E-state index in [1.165, 1.54) is 16.8 Å². The summed E-state index contributed by atoms with van der Waals surface area (Å²) in [6.45, 7) is 5.30. The average molecular weight is 537 g/mol. The molecular formula is C24H26Cl2N4O4S. The van der Waals surface area contributed by atoms with Crippen LogP contribution in [-0.2, 0) is 21.2 Å². The Labute approximate surface area is 214 Å². The number of piperazine rings is 1. The molecule has 1 amide bonds. The first kappa shape index (κ1) is 25.3. The molecule has 11 heteroatoms. The van der Waals surface area contributed by atoms with Crippen LogP contribution >= 0.6 is 23.2 Å². The van der Waals surface area contributed by atoms with Crippen molar-refractivity contribution in [2.45, 2.75) is 36.4 Å². The van der Waals surface area contributed by atoms with Crippen LogP contribution < -0.4 is 9.64 Å². The van der Waals surface area contributed by atoms with Crippen LogP contribution in [0.15, 0.2) is 58.5 Å². The summed E-state index contributed by atoms with van der Waals surface area (Å²) in [5.41, 5.74) is 1.39. The first-order valence-electron chi connectivity index (χ1n) is 11.0. The molecule has 8 nitrogen and oxygen atoms in total. The molecule has 1 atom stereocenters. The number of nitrogens with zero attached hydrogens (tertiary/aromatic N) is 4. The van der Waals surface area contributed by atoms with Crippen LogP contribution in [0.5, 0.6) is 5.75 Å². The Morgan fingerprint density at radius 1 is 1.14 bits per heavy atom. The van der Waals surface area contributed by atoms with Gasteiger partial charge in [-0.1, -0.05) is 41.4 Å². The fraction of sp³-hybridized carbons (Fsp3) is 0.333. The second-order valence-electron chi connectivity index (χ2n) is 8.38. The van der Waals surface area contributed by atoms with Crippen LogP contribution in [0.3, 0.4) is 0 Å². The summed E-state index contributed by atoms with van der Waals surface area (Å²) in [5.74, 6) is 0.444. The third-order valence-electron chi connectivity index (χ3n) is 6.14. The van der Waals surface area contributed by atoms with Crippen molar-refractivity contribution in [3.63, 3.8) is 0 Å². The molecule has 0 aliphatic carbocycles. The first-order chi connectivity index (χ1) is 16.6. The highest BCUT2D eigenvalue weighted by Crippen LogP contribution is 2.31. The van der Waals surface area contributed by atoms with E-state index in [4.69, 9.17) is 27.9 Å². The summed E-state index contributed by atoms with van der Waals surface area (Å²) in [7, 11) is -2.33. The summed E-state index contributed by atoms with van der Waals surface area (Å²) in [4.78, 5) is 17.2. The van der Waals surface area contributed by atoms with Gasteiger partial charge in [-0.25, -0.2) is 8.42 Å². The van der Waals surface area contributed by atoms with Gasteiger partial charge in [0.15, 0.2) is 0 Å². The third kappa shape index (κ3) is 4.98. The summed E-state index contributed by atoms with van der Waals surface area (Å²) < 4.78 is 32.7. The van der Waals surface area contributed by atoms with Crippen molar-refractivity contribution in [2.24, 2.45) is 0 Å². The monoisotopic (exact) mass is 536 g/mol. The minimum absolute atomic E-state index is 0.0243. The quantitative estimate of drug-likeness (QED) is 0.471. The number of ether oxygens (including phenoxy) is 1. The van der Waals surface area contributed by atoms with E-state index in [-0.39, 0.29) is 33.4 Å². The molecule has 0 radical (unpaired) electrons. The van der Waals surface area contributed by atoms with Gasteiger partial charge in [0.25, 0.3) is 0 Å². The number of benzene rings is 2. The first-order valence-corrected chi connectivity index (χ1v) is 13.3. The number of halogens is 2. The molecule has 2 aromatic carbocycles. The van der Waals surface area contributed by atoms with E-state index in [9.17, 15) is 13.2 Å². The maximum absolute atomic E-state index is 13.2. The van der Waals surface area contributed by atoms with Gasteiger partial charge in [0, 0.05) is 37.4 Å². The molecule has 1 saturated heterocycles. The number of amides is 1. The van der Waals surface area contributed by atoms with Crippen LogP contribution in [0, 0.1) is 6.92 Å². The van der Waals surface area contributed by atoms with E-state index in [1.54, 1.807) is 43.2 Å². The Hall–Kier alpha value is -2.75. The van der Waals surface area contributed by atoms with Gasteiger partial charge >= 0.3 is 0 Å². The Morgan fingerprint density at radius 3 is 2.51 bits per heavy atom. The number of hydrogen-bond donors (Lipinski definition) is 0. The van der Waals surface area contributed by atoms with Crippen LogP contribution in [-0.4, -0.2) is 61.8 Å². The van der Waals surface area contributed by atoms with Crippen LogP contribution in [0.25, 0.3) is 0 Å². The van der Waals surface area contributed by atoms with Crippen LogP contribution in [0.1, 0.15) is 12.6 Å². The van der Waals surface area contributed by atoms with Crippen molar-refractivity contribution in [2.75, 3.05) is 31.6 Å². The Balaban J connectivity index is 1.49. The van der Waals surface area contributed by atoms with Crippen molar-refractivity contribution in [3.05, 3.63) is 64.3 Å². The Morgan fingerprint density at radius 2 is 1.86 bits per heavy atom. The van der Waals surface area contributed by atoms with Crippen molar-refractivity contribution < 1.29 is 17.9 Å². The molecule has 3 aromatic rings. The van der Waals surface area contributed by atoms with Gasteiger partial charge in [-0.2, -0.15) is 5.10 Å². The van der Waals surface area contributed by atoms with Crippen molar-refractivity contribution in [3.8, 4) is 5.75 Å². The molecule has 1 aliphatic heterocycles. The lowest BCUT2D eigenvalue weighted by Gasteiger charge is -2.41. The number of carbonyl (C=O) groups excluding carboxylic acids is 1. The zero-order valence-corrected chi connectivity index (χ0v) is 21.9. The summed E-state index contributed by atoms with van der Waals surface area (Å²) in [6, 6.07) is 13.5. The number of sulfone groups is 1. The van der Waals surface area contributed by atoms with Gasteiger partial charge in [0.1, 0.15) is 17.3 Å². The number of anilines is 1. The van der Waals surface area contributed by atoms with Gasteiger partial charge in [0.2, 0.25) is 20.8 Å². The van der Waals surface area contributed by atoms with E-state index in [2.05, 4.69) is 10.00 Å². The Bertz CT molecular complexity index is 1350. The zero-order chi connectivity index (χ0) is 25.3. The normalized spacial score (nSPS) is 16.4.